The van der Waals surface area contributed by atoms with E-state index in [9.17, 15) is 32.3 Å². The minimum absolute atomic E-state index is 0.328. The summed E-state index contributed by atoms with van der Waals surface area (Å²) in [6.45, 7) is 1.47. The molecule has 0 bridgehead atoms. The van der Waals surface area contributed by atoms with Crippen molar-refractivity contribution in [3.8, 4) is 5.75 Å². The van der Waals surface area contributed by atoms with Gasteiger partial charge in [-0.1, -0.05) is 65.6 Å². The molecule has 1 aromatic heterocycles. The van der Waals surface area contributed by atoms with E-state index in [4.69, 9.17) is 4.74 Å². The molecule has 3 amide bonds. The van der Waals surface area contributed by atoms with Gasteiger partial charge in [0.05, 0.1) is 29.3 Å². The fourth-order valence-electron chi connectivity index (χ4n) is 5.62. The lowest BCUT2D eigenvalue weighted by molar-refractivity contribution is -0.137. The fourth-order valence-corrected chi connectivity index (χ4v) is 8.39. The number of aromatic nitrogens is 1. The summed E-state index contributed by atoms with van der Waals surface area (Å²) >= 11 is 1.78. The monoisotopic (exact) mass is 639 g/mol. The van der Waals surface area contributed by atoms with Gasteiger partial charge in [-0.3, -0.25) is 23.7 Å². The summed E-state index contributed by atoms with van der Waals surface area (Å²) in [6, 6.07) is 18.3. The maximum atomic E-state index is 14.0. The number of halogens is 3. The van der Waals surface area contributed by atoms with Crippen LogP contribution in [0.3, 0.4) is 0 Å². The minimum Gasteiger partial charge on any atom is -0.497 e. The number of alkyl halides is 3. The first-order valence-corrected chi connectivity index (χ1v) is 15.1. The second-order valence-corrected chi connectivity index (χ2v) is 12.5. The number of benzene rings is 3. The first kappa shape index (κ1) is 29.7. The number of anilines is 2. The number of thiazole rings is 1. The quantitative estimate of drug-likeness (QED) is 0.273. The predicted octanol–water partition coefficient (Wildman–Crippen LogP) is 5.68. The number of para-hydroxylation sites is 2. The van der Waals surface area contributed by atoms with E-state index in [0.717, 1.165) is 40.8 Å². The number of carbonyl (C=O) groups excluding carboxylic acids is 3. The molecule has 1 N–H and O–H groups in total. The molecule has 8 nitrogen and oxygen atoms in total. The van der Waals surface area contributed by atoms with Gasteiger partial charge in [-0.25, -0.2) is 4.90 Å². The Morgan fingerprint density at radius 1 is 0.955 bits per heavy atom. The second kappa shape index (κ2) is 11.3. The van der Waals surface area contributed by atoms with E-state index >= 15 is 0 Å². The van der Waals surface area contributed by atoms with Crippen molar-refractivity contribution >= 4 is 52.2 Å². The van der Waals surface area contributed by atoms with E-state index in [-0.39, 0.29) is 6.54 Å². The van der Waals surface area contributed by atoms with Gasteiger partial charge in [0, 0.05) is 16.5 Å². The van der Waals surface area contributed by atoms with Crippen molar-refractivity contribution in [1.82, 2.24) is 4.57 Å². The van der Waals surface area contributed by atoms with Crippen LogP contribution in [0, 0.1) is 12.8 Å². The Bertz CT molecular complexity index is 1850. The van der Waals surface area contributed by atoms with Crippen molar-refractivity contribution in [3.05, 3.63) is 104 Å². The van der Waals surface area contributed by atoms with Crippen LogP contribution in [0.2, 0.25) is 0 Å². The van der Waals surface area contributed by atoms with Crippen LogP contribution >= 0.6 is 23.1 Å². The fraction of sp³-hybridized carbons (Fsp3) is 0.226. The molecule has 226 valence electrons. The Kier molecular flexibility index (Phi) is 7.62. The van der Waals surface area contributed by atoms with E-state index < -0.39 is 57.1 Å². The van der Waals surface area contributed by atoms with Gasteiger partial charge in [-0.15, -0.1) is 0 Å². The number of rotatable bonds is 6. The molecule has 1 saturated heterocycles. The van der Waals surface area contributed by atoms with E-state index in [2.05, 4.69) is 5.32 Å². The lowest BCUT2D eigenvalue weighted by Gasteiger charge is -2.30. The van der Waals surface area contributed by atoms with Crippen LogP contribution in [0.4, 0.5) is 24.5 Å². The molecule has 4 aromatic rings. The van der Waals surface area contributed by atoms with Gasteiger partial charge < -0.3 is 10.1 Å². The molecule has 13 heteroatoms. The molecule has 3 heterocycles. The van der Waals surface area contributed by atoms with Crippen LogP contribution < -0.4 is 19.8 Å². The molecule has 1 fully saturated rings. The van der Waals surface area contributed by atoms with Gasteiger partial charge >= 0.3 is 11.0 Å². The van der Waals surface area contributed by atoms with Crippen molar-refractivity contribution < 1.29 is 32.3 Å². The highest BCUT2D eigenvalue weighted by Crippen LogP contribution is 2.54. The number of nitrogens with zero attached hydrogens (tertiary/aromatic N) is 2. The highest BCUT2D eigenvalue weighted by atomic mass is 32.2. The van der Waals surface area contributed by atoms with Crippen LogP contribution in [0.1, 0.15) is 27.5 Å². The Labute approximate surface area is 257 Å². The molecule has 0 unspecified atom stereocenters. The summed E-state index contributed by atoms with van der Waals surface area (Å²) in [5, 5.41) is 1.99. The standard InChI is InChI=1S/C31H24F3N3O5S2/c1-16-7-3-5-9-20(16)35-22(38)15-36-29-26(44-30(36)41)23(17-11-13-18(42-2)14-12-17)24-25(43-29)28(40)37(27(24)39)21-10-6-4-8-19(21)31(32,33)34/h3-14,23-25H,15H2,1-2H3,(H,35,38)/t23-,24-,25+/m0/s1. The smallest absolute Gasteiger partial charge is 0.418 e. The van der Waals surface area contributed by atoms with Gasteiger partial charge in [-0.2, -0.15) is 13.2 Å². The molecule has 0 spiro atoms. The molecule has 0 aliphatic carbocycles. The normalized spacial score (nSPS) is 19.5. The molecule has 0 saturated carbocycles. The van der Waals surface area contributed by atoms with Crippen LogP contribution in [-0.4, -0.2) is 34.6 Å². The number of hydrogen-bond donors (Lipinski definition) is 1. The number of amides is 3. The van der Waals surface area contributed by atoms with Crippen LogP contribution in [0.25, 0.3) is 0 Å². The third-order valence-electron chi connectivity index (χ3n) is 7.70. The lowest BCUT2D eigenvalue weighted by atomic mass is 9.83. The van der Waals surface area contributed by atoms with Crippen molar-refractivity contribution in [2.24, 2.45) is 5.92 Å². The average Bonchev–Trinajstić information content (AvgIpc) is 3.44. The lowest BCUT2D eigenvalue weighted by Crippen LogP contribution is -2.33. The molecular weight excluding hydrogens is 615 g/mol. The Morgan fingerprint density at radius 3 is 2.32 bits per heavy atom. The summed E-state index contributed by atoms with van der Waals surface area (Å²) in [4.78, 5) is 54.9. The third-order valence-corrected chi connectivity index (χ3v) is 10.3. The van der Waals surface area contributed by atoms with Crippen molar-refractivity contribution in [2.45, 2.75) is 35.8 Å². The van der Waals surface area contributed by atoms with Gasteiger partial charge in [0.1, 0.15) is 17.5 Å². The summed E-state index contributed by atoms with van der Waals surface area (Å²) in [6.07, 6.45) is -4.81. The van der Waals surface area contributed by atoms with E-state index in [1.165, 1.54) is 23.8 Å². The number of aryl methyl sites for hydroxylation is 1. The summed E-state index contributed by atoms with van der Waals surface area (Å²) < 4.78 is 48.4. The van der Waals surface area contributed by atoms with Crippen molar-refractivity contribution in [2.75, 3.05) is 17.3 Å². The summed E-state index contributed by atoms with van der Waals surface area (Å²) in [5.41, 5.74) is 0.329. The molecule has 6 rings (SSSR count). The van der Waals surface area contributed by atoms with Gasteiger partial charge in [0.15, 0.2) is 0 Å². The molecular formula is C31H24F3N3O5S2. The molecule has 0 radical (unpaired) electrons. The number of fused-ring (bicyclic) bond motifs is 2. The minimum atomic E-state index is -4.81. The van der Waals surface area contributed by atoms with Gasteiger partial charge in [0.2, 0.25) is 17.7 Å². The maximum absolute atomic E-state index is 14.0. The number of nitrogens with one attached hydrogen (secondary N) is 1. The zero-order valence-corrected chi connectivity index (χ0v) is 24.9. The number of imide groups is 1. The topological polar surface area (TPSA) is 97.7 Å². The van der Waals surface area contributed by atoms with Crippen LogP contribution in [0.15, 0.2) is 82.6 Å². The number of ether oxygens (including phenoxy) is 1. The molecule has 2 aliphatic rings. The SMILES string of the molecule is COc1ccc([C@@H]2c3sc(=O)n(CC(=O)Nc4ccccc4C)c3S[C@H]3C(=O)N(c4ccccc4C(F)(F)F)C(=O)[C@@H]23)cc1. The Hall–Kier alpha value is -4.36. The van der Waals surface area contributed by atoms with E-state index in [0.29, 0.717) is 31.8 Å². The molecule has 2 aliphatic heterocycles. The van der Waals surface area contributed by atoms with Crippen molar-refractivity contribution in [1.29, 1.82) is 0 Å². The number of thioether (sulfide) groups is 1. The molecule has 3 aromatic carbocycles. The first-order chi connectivity index (χ1) is 21.0. The zero-order chi connectivity index (χ0) is 31.3. The van der Waals surface area contributed by atoms with Crippen LogP contribution in [-0.2, 0) is 27.1 Å². The summed E-state index contributed by atoms with van der Waals surface area (Å²) in [5.74, 6) is -3.48. The predicted molar refractivity (Wildman–Crippen MR) is 160 cm³/mol. The number of methoxy groups -OCH3 is 1. The highest BCUT2D eigenvalue weighted by Gasteiger charge is 2.57. The largest absolute Gasteiger partial charge is 0.497 e. The van der Waals surface area contributed by atoms with Gasteiger partial charge in [-0.05, 0) is 48.4 Å². The van der Waals surface area contributed by atoms with E-state index in [1.807, 2.05) is 19.1 Å². The molecule has 3 atom stereocenters. The number of carbonyl (C=O) groups is 3. The first-order valence-electron chi connectivity index (χ1n) is 13.4. The Balaban J connectivity index is 1.44. The van der Waals surface area contributed by atoms with Crippen molar-refractivity contribution in [3.63, 3.8) is 0 Å². The Morgan fingerprint density at radius 2 is 1.64 bits per heavy atom. The molecule has 44 heavy (non-hydrogen) atoms. The maximum Gasteiger partial charge on any atom is 0.418 e. The second-order valence-electron chi connectivity index (χ2n) is 10.3. The third kappa shape index (κ3) is 5.09. The average molecular weight is 640 g/mol. The zero-order valence-electron chi connectivity index (χ0n) is 23.3. The summed E-state index contributed by atoms with van der Waals surface area (Å²) in [7, 11) is 1.49. The van der Waals surface area contributed by atoms with Gasteiger partial charge in [0.25, 0.3) is 0 Å². The number of hydrogen-bond acceptors (Lipinski definition) is 7. The highest BCUT2D eigenvalue weighted by molar-refractivity contribution is 8.00. The van der Waals surface area contributed by atoms with Crippen LogP contribution in [0.5, 0.6) is 5.75 Å². The van der Waals surface area contributed by atoms with E-state index in [1.54, 1.807) is 36.4 Å².